The molecule has 0 aromatic heterocycles. The van der Waals surface area contributed by atoms with Crippen LogP contribution in [0.1, 0.15) is 25.0 Å². The Morgan fingerprint density at radius 3 is 2.32 bits per heavy atom. The Labute approximate surface area is 180 Å². The number of barbiturate groups is 1. The number of ether oxygens (including phenoxy) is 1. The van der Waals surface area contributed by atoms with Crippen LogP contribution in [-0.2, 0) is 16.1 Å². The van der Waals surface area contributed by atoms with Crippen molar-refractivity contribution in [3.8, 4) is 11.5 Å². The van der Waals surface area contributed by atoms with E-state index in [0.717, 1.165) is 23.7 Å². The summed E-state index contributed by atoms with van der Waals surface area (Å²) in [6.07, 6.45) is 1.30. The maximum atomic E-state index is 12.9. The number of urea groups is 1. The molecular weight excluding hydrogens is 398 g/mol. The predicted molar refractivity (Wildman–Crippen MR) is 117 cm³/mol. The van der Waals surface area contributed by atoms with Crippen LogP contribution in [0, 0.1) is 0 Å². The van der Waals surface area contributed by atoms with Gasteiger partial charge in [-0.05, 0) is 49.8 Å². The van der Waals surface area contributed by atoms with Crippen LogP contribution in [0.4, 0.5) is 10.5 Å². The molecule has 1 aliphatic rings. The van der Waals surface area contributed by atoms with Gasteiger partial charge in [0.15, 0.2) is 0 Å². The Kier molecular flexibility index (Phi) is 6.59. The maximum Gasteiger partial charge on any atom is 0.331 e. The first-order valence-electron chi connectivity index (χ1n) is 9.97. The predicted octanol–water partition coefficient (Wildman–Crippen LogP) is 2.91. The molecule has 4 amide bonds. The number of phenolic OH excluding ortho intramolecular Hbond substituents is 1. The third kappa shape index (κ3) is 4.69. The zero-order valence-corrected chi connectivity index (χ0v) is 17.7. The molecule has 0 unspecified atom stereocenters. The Morgan fingerprint density at radius 1 is 1.06 bits per heavy atom. The Bertz CT molecular complexity index is 1030. The number of phenols is 1. The second-order valence-corrected chi connectivity index (χ2v) is 6.97. The normalized spacial score (nSPS) is 15.3. The van der Waals surface area contributed by atoms with Gasteiger partial charge in [0.1, 0.15) is 17.1 Å². The summed E-state index contributed by atoms with van der Waals surface area (Å²) in [4.78, 5) is 40.5. The number of rotatable bonds is 7. The van der Waals surface area contributed by atoms with Crippen molar-refractivity contribution in [2.24, 2.45) is 0 Å². The van der Waals surface area contributed by atoms with E-state index in [0.29, 0.717) is 16.9 Å². The highest BCUT2D eigenvalue weighted by molar-refractivity contribution is 6.31. The van der Waals surface area contributed by atoms with E-state index in [9.17, 15) is 19.5 Å². The van der Waals surface area contributed by atoms with Gasteiger partial charge < -0.3 is 14.7 Å². The van der Waals surface area contributed by atoms with Gasteiger partial charge in [-0.15, -0.1) is 0 Å². The molecule has 2 N–H and O–H groups in total. The first-order valence-corrected chi connectivity index (χ1v) is 9.97. The molecule has 0 radical (unpaired) electrons. The minimum absolute atomic E-state index is 0.00778. The molecule has 0 saturated carbocycles. The van der Waals surface area contributed by atoms with Crippen LogP contribution in [0.25, 0.3) is 6.08 Å². The number of methoxy groups -OCH3 is 1. The van der Waals surface area contributed by atoms with Crippen LogP contribution in [0.15, 0.2) is 48.0 Å². The van der Waals surface area contributed by atoms with Gasteiger partial charge in [-0.25, -0.2) is 4.79 Å². The first kappa shape index (κ1) is 21.9. The number of aromatic hydroxyl groups is 1. The van der Waals surface area contributed by atoms with E-state index in [-0.39, 0.29) is 17.9 Å². The molecule has 2 aromatic carbocycles. The summed E-state index contributed by atoms with van der Waals surface area (Å²) in [5.74, 6) is -0.932. The van der Waals surface area contributed by atoms with Crippen molar-refractivity contribution < 1.29 is 24.2 Å². The molecule has 8 heteroatoms. The zero-order valence-electron chi connectivity index (χ0n) is 17.7. The van der Waals surface area contributed by atoms with E-state index in [4.69, 9.17) is 4.74 Å². The van der Waals surface area contributed by atoms with Crippen LogP contribution in [0.5, 0.6) is 11.5 Å². The number of imide groups is 2. The summed E-state index contributed by atoms with van der Waals surface area (Å²) in [7, 11) is 1.54. The smallest absolute Gasteiger partial charge is 0.331 e. The highest BCUT2D eigenvalue weighted by Gasteiger charge is 2.35. The quantitative estimate of drug-likeness (QED) is 0.525. The third-order valence-corrected chi connectivity index (χ3v) is 5.13. The highest BCUT2D eigenvalue weighted by atomic mass is 16.5. The first-order chi connectivity index (χ1) is 14.9. The van der Waals surface area contributed by atoms with E-state index in [1.54, 1.807) is 43.5 Å². The van der Waals surface area contributed by atoms with Crippen LogP contribution in [0.3, 0.4) is 0 Å². The molecule has 0 atom stereocenters. The number of nitrogens with one attached hydrogen (secondary N) is 1. The fraction of sp³-hybridized carbons (Fsp3) is 0.261. The minimum atomic E-state index is -0.798. The van der Waals surface area contributed by atoms with Gasteiger partial charge in [-0.2, -0.15) is 0 Å². The van der Waals surface area contributed by atoms with Gasteiger partial charge in [-0.3, -0.25) is 19.8 Å². The molecule has 3 rings (SSSR count). The van der Waals surface area contributed by atoms with Crippen molar-refractivity contribution in [2.75, 3.05) is 25.1 Å². The van der Waals surface area contributed by atoms with Crippen LogP contribution in [-0.4, -0.2) is 48.1 Å². The molecule has 0 aliphatic carbocycles. The van der Waals surface area contributed by atoms with Crippen molar-refractivity contribution in [1.29, 1.82) is 0 Å². The lowest BCUT2D eigenvalue weighted by Gasteiger charge is -2.26. The third-order valence-electron chi connectivity index (χ3n) is 5.13. The van der Waals surface area contributed by atoms with Crippen molar-refractivity contribution in [2.45, 2.75) is 20.4 Å². The molecule has 0 spiro atoms. The van der Waals surface area contributed by atoms with E-state index >= 15 is 0 Å². The summed E-state index contributed by atoms with van der Waals surface area (Å²) < 4.78 is 5.11. The molecule has 0 bridgehead atoms. The monoisotopic (exact) mass is 423 g/mol. The van der Waals surface area contributed by atoms with E-state index in [1.165, 1.54) is 6.08 Å². The van der Waals surface area contributed by atoms with Crippen molar-refractivity contribution in [3.63, 3.8) is 0 Å². The zero-order chi connectivity index (χ0) is 22.5. The number of amides is 4. The van der Waals surface area contributed by atoms with Gasteiger partial charge in [0, 0.05) is 30.4 Å². The average molecular weight is 423 g/mol. The lowest BCUT2D eigenvalue weighted by molar-refractivity contribution is -0.130. The molecule has 8 nitrogen and oxygen atoms in total. The lowest BCUT2D eigenvalue weighted by atomic mass is 10.1. The molecule has 1 saturated heterocycles. The summed E-state index contributed by atoms with van der Waals surface area (Å²) in [5, 5.41) is 12.6. The van der Waals surface area contributed by atoms with Crippen LogP contribution >= 0.6 is 0 Å². The largest absolute Gasteiger partial charge is 0.507 e. The number of carbonyl (C=O) groups is 3. The van der Waals surface area contributed by atoms with E-state index in [2.05, 4.69) is 10.2 Å². The number of hydrogen-bond acceptors (Lipinski definition) is 6. The molecule has 1 heterocycles. The summed E-state index contributed by atoms with van der Waals surface area (Å²) in [5.41, 5.74) is 1.62. The van der Waals surface area contributed by atoms with Crippen molar-refractivity contribution in [3.05, 3.63) is 59.2 Å². The topological polar surface area (TPSA) is 99.2 Å². The maximum absolute atomic E-state index is 12.9. The van der Waals surface area contributed by atoms with Gasteiger partial charge in [0.05, 0.1) is 13.7 Å². The van der Waals surface area contributed by atoms with E-state index < -0.39 is 17.8 Å². The standard InChI is InChI=1S/C23H25N3O5/c1-4-25(5-2)17-9-8-16(20(27)13-17)12-19-21(28)24-23(30)26(22(19)29)14-15-6-10-18(31-3)11-7-15/h6-13,27H,4-5,14H2,1-3H3,(H,24,28,30). The molecule has 31 heavy (non-hydrogen) atoms. The SMILES string of the molecule is CCN(CC)c1ccc(C=C2C(=O)NC(=O)N(Cc3ccc(OC)cc3)C2=O)c(O)c1. The second kappa shape index (κ2) is 9.34. The van der Waals surface area contributed by atoms with Gasteiger partial charge in [0.25, 0.3) is 11.8 Å². The summed E-state index contributed by atoms with van der Waals surface area (Å²) >= 11 is 0. The Hall–Kier alpha value is -3.81. The number of benzene rings is 2. The second-order valence-electron chi connectivity index (χ2n) is 6.97. The number of nitrogens with zero attached hydrogens (tertiary/aromatic N) is 2. The fourth-order valence-electron chi connectivity index (χ4n) is 3.35. The van der Waals surface area contributed by atoms with Gasteiger partial charge >= 0.3 is 6.03 Å². The molecule has 1 fully saturated rings. The fourth-order valence-corrected chi connectivity index (χ4v) is 3.35. The molecule has 162 valence electrons. The number of anilines is 1. The Balaban J connectivity index is 1.87. The summed E-state index contributed by atoms with van der Waals surface area (Å²) in [6, 6.07) is 11.2. The molecule has 1 aliphatic heterocycles. The number of hydrogen-bond donors (Lipinski definition) is 2. The highest BCUT2D eigenvalue weighted by Crippen LogP contribution is 2.28. The minimum Gasteiger partial charge on any atom is -0.507 e. The van der Waals surface area contributed by atoms with Crippen molar-refractivity contribution in [1.82, 2.24) is 10.2 Å². The lowest BCUT2D eigenvalue weighted by Crippen LogP contribution is -2.53. The molecular formula is C23H25N3O5. The number of carbonyl (C=O) groups excluding carboxylic acids is 3. The van der Waals surface area contributed by atoms with Crippen LogP contribution < -0.4 is 15.0 Å². The van der Waals surface area contributed by atoms with Crippen molar-refractivity contribution >= 4 is 29.6 Å². The van der Waals surface area contributed by atoms with Gasteiger partial charge in [0.2, 0.25) is 0 Å². The van der Waals surface area contributed by atoms with Gasteiger partial charge in [-0.1, -0.05) is 12.1 Å². The Morgan fingerprint density at radius 2 is 1.74 bits per heavy atom. The average Bonchev–Trinajstić information content (AvgIpc) is 2.76. The van der Waals surface area contributed by atoms with E-state index in [1.807, 2.05) is 19.9 Å². The van der Waals surface area contributed by atoms with Crippen LogP contribution in [0.2, 0.25) is 0 Å². The summed E-state index contributed by atoms with van der Waals surface area (Å²) in [6.45, 7) is 5.57. The molecule has 2 aromatic rings.